The molecule has 0 fully saturated rings. The Kier molecular flexibility index (Phi) is 10.6. The maximum atomic E-state index is 9.60. The molecule has 172 valence electrons. The van der Waals surface area contributed by atoms with Crippen LogP contribution in [0.1, 0.15) is 16.7 Å². The van der Waals surface area contributed by atoms with E-state index in [2.05, 4.69) is 9.24 Å². The fourth-order valence-corrected chi connectivity index (χ4v) is 3.48. The smallest absolute Gasteiger partial charge is 0.143 e. The third-order valence-electron chi connectivity index (χ3n) is 5.23. The molecule has 0 aliphatic carbocycles. The zero-order valence-corrected chi connectivity index (χ0v) is 20.1. The number of ether oxygens (including phenoxy) is 3. The lowest BCUT2D eigenvalue weighted by atomic mass is 9.80. The molecular weight excluding hydrogens is 423 g/mol. The highest BCUT2D eigenvalue weighted by atomic mass is 31.0. The van der Waals surface area contributed by atoms with E-state index in [1.165, 1.54) is 0 Å². The fraction of sp³-hybridized carbons (Fsp3) is 0.308. The van der Waals surface area contributed by atoms with Gasteiger partial charge in [0.25, 0.3) is 0 Å². The molecule has 0 saturated carbocycles. The van der Waals surface area contributed by atoms with E-state index in [4.69, 9.17) is 14.2 Å². The van der Waals surface area contributed by atoms with Gasteiger partial charge >= 0.3 is 0 Å². The van der Waals surface area contributed by atoms with E-state index in [9.17, 15) is 10.2 Å². The molecule has 0 bridgehead atoms. The molecule has 0 radical (unpaired) electrons. The van der Waals surface area contributed by atoms with Crippen LogP contribution in [0.3, 0.4) is 0 Å². The van der Waals surface area contributed by atoms with Crippen LogP contribution in [0, 0.1) is 5.92 Å². The molecule has 3 aromatic rings. The second kappa shape index (κ2) is 13.2. The Hall–Kier alpha value is -2.43. The summed E-state index contributed by atoms with van der Waals surface area (Å²) in [6, 6.07) is 25.4. The van der Waals surface area contributed by atoms with Crippen LogP contribution in [0.5, 0.6) is 11.5 Å². The van der Waals surface area contributed by atoms with Crippen LogP contribution in [-0.4, -0.2) is 50.9 Å². The quantitative estimate of drug-likeness (QED) is 0.355. The van der Waals surface area contributed by atoms with Gasteiger partial charge in [-0.3, -0.25) is 0 Å². The summed E-state index contributed by atoms with van der Waals surface area (Å²) in [5.41, 5.74) is 1.82. The molecule has 0 aromatic heterocycles. The summed E-state index contributed by atoms with van der Waals surface area (Å²) in [6.45, 7) is 1.78. The normalized spacial score (nSPS) is 11.0. The van der Waals surface area contributed by atoms with E-state index in [1.807, 2.05) is 85.5 Å². The van der Waals surface area contributed by atoms with Crippen LogP contribution in [0.15, 0.2) is 78.9 Å². The summed E-state index contributed by atoms with van der Waals surface area (Å²) < 4.78 is 17.2. The number of rotatable bonds is 10. The molecule has 2 N–H and O–H groups in total. The summed E-state index contributed by atoms with van der Waals surface area (Å²) in [5, 5.41) is 19.2. The van der Waals surface area contributed by atoms with Crippen LogP contribution in [-0.2, 0) is 10.3 Å². The van der Waals surface area contributed by atoms with Gasteiger partial charge in [-0.2, -0.15) is 0 Å². The van der Waals surface area contributed by atoms with E-state index >= 15 is 0 Å². The van der Waals surface area contributed by atoms with Crippen molar-refractivity contribution in [1.29, 1.82) is 0 Å². The van der Waals surface area contributed by atoms with Crippen molar-refractivity contribution in [3.8, 4) is 11.5 Å². The number of hydrogen-bond acceptors (Lipinski definition) is 5. The highest BCUT2D eigenvalue weighted by Gasteiger charge is 2.38. The first kappa shape index (κ1) is 25.8. The molecule has 1 unspecified atom stereocenters. The first-order valence-corrected chi connectivity index (χ1v) is 11.6. The maximum absolute atomic E-state index is 9.60. The van der Waals surface area contributed by atoms with Gasteiger partial charge in [-0.15, -0.1) is 9.24 Å². The first-order chi connectivity index (χ1) is 15.7. The summed E-state index contributed by atoms with van der Waals surface area (Å²) >= 11 is 0. The average molecular weight is 457 g/mol. The van der Waals surface area contributed by atoms with E-state index in [0.717, 1.165) is 28.2 Å². The number of methoxy groups -OCH3 is 2. The highest BCUT2D eigenvalue weighted by molar-refractivity contribution is 7.15. The van der Waals surface area contributed by atoms with Gasteiger partial charge in [0.05, 0.1) is 34.0 Å². The van der Waals surface area contributed by atoms with Gasteiger partial charge in [-0.1, -0.05) is 61.3 Å². The highest BCUT2D eigenvalue weighted by Crippen LogP contribution is 2.41. The van der Waals surface area contributed by atoms with E-state index in [-0.39, 0.29) is 25.7 Å². The van der Waals surface area contributed by atoms with Crippen molar-refractivity contribution in [2.75, 3.05) is 40.7 Å². The number of hydrogen-bond donors (Lipinski definition) is 2. The molecule has 0 saturated heterocycles. The Morgan fingerprint density at radius 3 is 1.47 bits per heavy atom. The molecule has 3 aromatic carbocycles. The molecule has 32 heavy (non-hydrogen) atoms. The summed E-state index contributed by atoms with van der Waals surface area (Å²) in [4.78, 5) is 0. The number of aliphatic hydroxyl groups excluding tert-OH is 2. The minimum Gasteiger partial charge on any atom is -0.497 e. The van der Waals surface area contributed by atoms with Crippen LogP contribution in [0.2, 0.25) is 0 Å². The van der Waals surface area contributed by atoms with Crippen LogP contribution in [0.25, 0.3) is 0 Å². The molecule has 6 heteroatoms. The lowest BCUT2D eigenvalue weighted by Crippen LogP contribution is -2.35. The lowest BCUT2D eigenvalue weighted by Gasteiger charge is -2.37. The van der Waals surface area contributed by atoms with Crippen molar-refractivity contribution in [3.63, 3.8) is 0 Å². The Morgan fingerprint density at radius 1 is 0.688 bits per heavy atom. The summed E-state index contributed by atoms with van der Waals surface area (Å²) in [7, 11) is 5.68. The monoisotopic (exact) mass is 456 g/mol. The van der Waals surface area contributed by atoms with Crippen molar-refractivity contribution in [3.05, 3.63) is 95.6 Å². The minimum absolute atomic E-state index is 0.160. The third-order valence-corrected chi connectivity index (χ3v) is 5.23. The zero-order chi connectivity index (χ0) is 23.4. The average Bonchev–Trinajstić information content (AvgIpc) is 2.89. The predicted molar refractivity (Wildman–Crippen MR) is 132 cm³/mol. The molecule has 0 aliphatic rings. The van der Waals surface area contributed by atoms with E-state index in [1.54, 1.807) is 14.2 Å². The second-order valence-corrected chi connectivity index (χ2v) is 7.05. The Bertz CT molecular complexity index is 846. The molecule has 0 aliphatic heterocycles. The number of benzene rings is 3. The van der Waals surface area contributed by atoms with Crippen molar-refractivity contribution in [1.82, 2.24) is 0 Å². The molecule has 0 spiro atoms. The SMILES string of the molecule is COc1ccc(C(OCC(CO)CO)(c2ccccc2)c2ccc(OC)cc2)cc1.CP. The van der Waals surface area contributed by atoms with Gasteiger partial charge in [0.15, 0.2) is 0 Å². The van der Waals surface area contributed by atoms with E-state index < -0.39 is 5.60 Å². The fourth-order valence-electron chi connectivity index (χ4n) is 3.48. The van der Waals surface area contributed by atoms with Gasteiger partial charge < -0.3 is 24.4 Å². The second-order valence-electron chi connectivity index (χ2n) is 7.05. The van der Waals surface area contributed by atoms with Crippen LogP contribution in [0.4, 0.5) is 0 Å². The van der Waals surface area contributed by atoms with Crippen molar-refractivity contribution >= 4 is 9.24 Å². The van der Waals surface area contributed by atoms with Crippen LogP contribution < -0.4 is 9.47 Å². The molecule has 0 heterocycles. The van der Waals surface area contributed by atoms with Crippen molar-refractivity contribution in [2.45, 2.75) is 5.60 Å². The third kappa shape index (κ3) is 5.87. The summed E-state index contributed by atoms with van der Waals surface area (Å²) in [6.07, 6.45) is 0. The number of aliphatic hydroxyl groups is 2. The van der Waals surface area contributed by atoms with Gasteiger partial charge in [-0.25, -0.2) is 0 Å². The largest absolute Gasteiger partial charge is 0.497 e. The Morgan fingerprint density at radius 2 is 1.09 bits per heavy atom. The minimum atomic E-state index is -0.942. The topological polar surface area (TPSA) is 68.2 Å². The van der Waals surface area contributed by atoms with E-state index in [0.29, 0.717) is 0 Å². The molecule has 3 rings (SSSR count). The van der Waals surface area contributed by atoms with Crippen molar-refractivity contribution < 1.29 is 24.4 Å². The first-order valence-electron chi connectivity index (χ1n) is 10.5. The van der Waals surface area contributed by atoms with Crippen molar-refractivity contribution in [2.24, 2.45) is 5.92 Å². The standard InChI is InChI=1S/C25H28O5.CH5P/c1-28-23-12-8-21(9-13-23)25(20-6-4-3-5-7-20,30-18-19(16-26)17-27)22-10-14-24(29-2)15-11-22;1-2/h3-15,19,26-27H,16-18H2,1-2H3;2H2,1H3. The van der Waals surface area contributed by atoms with Gasteiger partial charge in [-0.05, 0) is 41.0 Å². The molecule has 1 atom stereocenters. The maximum Gasteiger partial charge on any atom is 0.143 e. The molecule has 5 nitrogen and oxygen atoms in total. The van der Waals surface area contributed by atoms with Gasteiger partial charge in [0.1, 0.15) is 17.1 Å². The van der Waals surface area contributed by atoms with Crippen LogP contribution >= 0.6 is 9.24 Å². The lowest BCUT2D eigenvalue weighted by molar-refractivity contribution is -0.0300. The van der Waals surface area contributed by atoms with Gasteiger partial charge in [0, 0.05) is 5.92 Å². The Balaban J connectivity index is 0.00000176. The Labute approximate surface area is 193 Å². The summed E-state index contributed by atoms with van der Waals surface area (Å²) in [5.74, 6) is 1.11. The zero-order valence-electron chi connectivity index (χ0n) is 18.9. The van der Waals surface area contributed by atoms with Gasteiger partial charge in [0.2, 0.25) is 0 Å². The predicted octanol–water partition coefficient (Wildman–Crippen LogP) is 4.10. The molecular formula is C26H33O5P. The molecule has 0 amide bonds.